The lowest BCUT2D eigenvalue weighted by molar-refractivity contribution is -0.104. The van der Waals surface area contributed by atoms with E-state index in [1.165, 1.54) is 6.08 Å². The molecule has 0 radical (unpaired) electrons. The molecule has 0 aromatic heterocycles. The van der Waals surface area contributed by atoms with Gasteiger partial charge in [-0.3, -0.25) is 4.79 Å². The molecular weight excluding hydrogens is 104 g/mol. The number of hydrogen-bond acceptors (Lipinski definition) is 2. The van der Waals surface area contributed by atoms with Crippen LogP contribution in [0.1, 0.15) is 13.8 Å². The van der Waals surface area contributed by atoms with Crippen LogP contribution in [0.15, 0.2) is 11.6 Å². The van der Waals surface area contributed by atoms with Crippen LogP contribution in [-0.4, -0.2) is 17.5 Å². The molecule has 0 amide bonds. The van der Waals surface area contributed by atoms with Gasteiger partial charge in [-0.2, -0.15) is 0 Å². The third-order valence-electron chi connectivity index (χ3n) is 0.690. The first-order chi connectivity index (χ1) is 3.66. The second-order valence-electron chi connectivity index (χ2n) is 1.77. The van der Waals surface area contributed by atoms with Gasteiger partial charge in [0, 0.05) is 0 Å². The van der Waals surface area contributed by atoms with Crippen LogP contribution in [0.3, 0.4) is 0 Å². The molecule has 0 spiro atoms. The molecule has 2 nitrogen and oxygen atoms in total. The topological polar surface area (TPSA) is 37.3 Å². The summed E-state index contributed by atoms with van der Waals surface area (Å²) in [5.74, 6) is 0. The summed E-state index contributed by atoms with van der Waals surface area (Å²) in [6.07, 6.45) is 1.69. The first-order valence-electron chi connectivity index (χ1n) is 2.48. The Morgan fingerprint density at radius 1 is 1.75 bits per heavy atom. The van der Waals surface area contributed by atoms with E-state index in [0.29, 0.717) is 11.9 Å². The van der Waals surface area contributed by atoms with E-state index in [9.17, 15) is 4.79 Å². The van der Waals surface area contributed by atoms with Gasteiger partial charge < -0.3 is 5.11 Å². The van der Waals surface area contributed by atoms with Gasteiger partial charge in [0.2, 0.25) is 0 Å². The summed E-state index contributed by atoms with van der Waals surface area (Å²) in [6, 6.07) is 0. The average molecular weight is 114 g/mol. The third-order valence-corrected chi connectivity index (χ3v) is 0.690. The molecule has 0 heterocycles. The normalized spacial score (nSPS) is 15.6. The molecule has 0 saturated heterocycles. The quantitative estimate of drug-likeness (QED) is 0.419. The van der Waals surface area contributed by atoms with Crippen molar-refractivity contribution in [2.24, 2.45) is 0 Å². The maximum atomic E-state index is 9.86. The number of aliphatic hydroxyl groups excluding tert-OH is 1. The van der Waals surface area contributed by atoms with Gasteiger partial charge in [0.05, 0.1) is 6.10 Å². The molecular formula is C6H10O2. The van der Waals surface area contributed by atoms with Gasteiger partial charge in [0.1, 0.15) is 6.29 Å². The second kappa shape index (κ2) is 3.38. The van der Waals surface area contributed by atoms with Crippen LogP contribution in [0.25, 0.3) is 0 Å². The Labute approximate surface area is 48.8 Å². The van der Waals surface area contributed by atoms with Crippen LogP contribution in [0.5, 0.6) is 0 Å². The zero-order valence-corrected chi connectivity index (χ0v) is 5.09. The fraction of sp³-hybridized carbons (Fsp3) is 0.500. The van der Waals surface area contributed by atoms with Crippen LogP contribution in [-0.2, 0) is 4.79 Å². The number of hydrogen-bond donors (Lipinski definition) is 1. The number of aldehydes is 1. The monoisotopic (exact) mass is 114 g/mol. The molecule has 1 atom stereocenters. The first-order valence-corrected chi connectivity index (χ1v) is 2.48. The highest BCUT2D eigenvalue weighted by molar-refractivity contribution is 5.72. The summed E-state index contributed by atoms with van der Waals surface area (Å²) in [4.78, 5) is 9.86. The highest BCUT2D eigenvalue weighted by atomic mass is 16.3. The van der Waals surface area contributed by atoms with Gasteiger partial charge in [0.25, 0.3) is 0 Å². The summed E-state index contributed by atoms with van der Waals surface area (Å²) in [6.45, 7) is 3.26. The Bertz CT molecular complexity index is 103. The van der Waals surface area contributed by atoms with E-state index >= 15 is 0 Å². The summed E-state index contributed by atoms with van der Waals surface area (Å²) >= 11 is 0. The van der Waals surface area contributed by atoms with E-state index < -0.39 is 6.10 Å². The number of carbonyl (C=O) groups is 1. The largest absolute Gasteiger partial charge is 0.389 e. The smallest absolute Gasteiger partial charge is 0.145 e. The molecule has 1 N–H and O–H groups in total. The zero-order chi connectivity index (χ0) is 6.57. The van der Waals surface area contributed by atoms with Crippen LogP contribution < -0.4 is 0 Å². The Hall–Kier alpha value is -0.630. The van der Waals surface area contributed by atoms with Crippen molar-refractivity contribution >= 4 is 6.29 Å². The van der Waals surface area contributed by atoms with Crippen molar-refractivity contribution in [2.45, 2.75) is 20.0 Å². The van der Waals surface area contributed by atoms with E-state index in [0.717, 1.165) is 0 Å². The van der Waals surface area contributed by atoms with Crippen LogP contribution >= 0.6 is 0 Å². The van der Waals surface area contributed by atoms with E-state index in [-0.39, 0.29) is 0 Å². The summed E-state index contributed by atoms with van der Waals surface area (Å²) in [5.41, 5.74) is 0.569. The summed E-state index contributed by atoms with van der Waals surface area (Å²) < 4.78 is 0. The summed E-state index contributed by atoms with van der Waals surface area (Å²) in [5, 5.41) is 8.62. The highest BCUT2D eigenvalue weighted by Gasteiger charge is 1.88. The number of aliphatic hydroxyl groups is 1. The summed E-state index contributed by atoms with van der Waals surface area (Å²) in [7, 11) is 0. The molecule has 0 aliphatic carbocycles. The number of rotatable bonds is 2. The first kappa shape index (κ1) is 7.37. The third kappa shape index (κ3) is 3.56. The molecule has 0 aliphatic heterocycles. The van der Waals surface area contributed by atoms with Gasteiger partial charge >= 0.3 is 0 Å². The Kier molecular flexibility index (Phi) is 3.12. The van der Waals surface area contributed by atoms with Crippen LogP contribution in [0.2, 0.25) is 0 Å². The molecule has 0 unspecified atom stereocenters. The standard InChI is InChI=1S/C6H10O2/c1-5(4-7)3-6(2)8/h3-4,6,8H,1-2H3/b5-3+/t6-/m1/s1. The van der Waals surface area contributed by atoms with Gasteiger partial charge in [-0.1, -0.05) is 6.08 Å². The molecule has 0 aliphatic rings. The molecule has 0 saturated carbocycles. The molecule has 0 aromatic carbocycles. The van der Waals surface area contributed by atoms with Gasteiger partial charge in [0.15, 0.2) is 0 Å². The second-order valence-corrected chi connectivity index (χ2v) is 1.77. The minimum absolute atomic E-state index is 0.514. The Balaban J connectivity index is 3.74. The predicted molar refractivity (Wildman–Crippen MR) is 31.5 cm³/mol. The maximum Gasteiger partial charge on any atom is 0.145 e. The molecule has 0 bridgehead atoms. The average Bonchev–Trinajstić information content (AvgIpc) is 1.65. The van der Waals surface area contributed by atoms with Crippen molar-refractivity contribution < 1.29 is 9.90 Å². The molecule has 8 heavy (non-hydrogen) atoms. The minimum atomic E-state index is -0.514. The van der Waals surface area contributed by atoms with Crippen LogP contribution in [0, 0.1) is 0 Å². The lowest BCUT2D eigenvalue weighted by atomic mass is 10.2. The SMILES string of the molecule is C/C(C=O)=C\[C@@H](C)O. The van der Waals surface area contributed by atoms with E-state index in [4.69, 9.17) is 5.11 Å². The maximum absolute atomic E-state index is 9.86. The van der Waals surface area contributed by atoms with E-state index in [1.54, 1.807) is 13.8 Å². The van der Waals surface area contributed by atoms with E-state index in [1.807, 2.05) is 0 Å². The van der Waals surface area contributed by atoms with Gasteiger partial charge in [-0.05, 0) is 19.4 Å². The molecule has 0 rings (SSSR count). The van der Waals surface area contributed by atoms with Crippen molar-refractivity contribution in [3.63, 3.8) is 0 Å². The van der Waals surface area contributed by atoms with Gasteiger partial charge in [-0.25, -0.2) is 0 Å². The van der Waals surface area contributed by atoms with Gasteiger partial charge in [-0.15, -0.1) is 0 Å². The Morgan fingerprint density at radius 2 is 2.25 bits per heavy atom. The number of allylic oxidation sites excluding steroid dienone is 1. The molecule has 2 heteroatoms. The van der Waals surface area contributed by atoms with Crippen LogP contribution in [0.4, 0.5) is 0 Å². The van der Waals surface area contributed by atoms with Crippen molar-refractivity contribution in [1.29, 1.82) is 0 Å². The minimum Gasteiger partial charge on any atom is -0.389 e. The number of carbonyl (C=O) groups excluding carboxylic acids is 1. The van der Waals surface area contributed by atoms with Crippen molar-refractivity contribution in [3.05, 3.63) is 11.6 Å². The van der Waals surface area contributed by atoms with Crippen molar-refractivity contribution in [1.82, 2.24) is 0 Å². The fourth-order valence-corrected chi connectivity index (χ4v) is 0.420. The lowest BCUT2D eigenvalue weighted by Crippen LogP contribution is -1.94. The predicted octanol–water partition coefficient (Wildman–Crippen LogP) is 0.512. The molecule has 46 valence electrons. The fourth-order valence-electron chi connectivity index (χ4n) is 0.420. The van der Waals surface area contributed by atoms with Crippen molar-refractivity contribution in [2.75, 3.05) is 0 Å². The lowest BCUT2D eigenvalue weighted by Gasteiger charge is -1.92. The van der Waals surface area contributed by atoms with Crippen molar-refractivity contribution in [3.8, 4) is 0 Å². The Morgan fingerprint density at radius 3 is 2.38 bits per heavy atom. The molecule has 0 fully saturated rings. The molecule has 0 aromatic rings. The highest BCUT2D eigenvalue weighted by Crippen LogP contribution is 1.89. The zero-order valence-electron chi connectivity index (χ0n) is 5.09. The van der Waals surface area contributed by atoms with E-state index in [2.05, 4.69) is 0 Å².